The molecule has 0 saturated heterocycles. The van der Waals surface area contributed by atoms with Crippen molar-refractivity contribution in [3.63, 3.8) is 0 Å². The van der Waals surface area contributed by atoms with Crippen LogP contribution in [0.1, 0.15) is 41.5 Å². The molecule has 0 heterocycles. The molecular weight excluding hydrogens is 168 g/mol. The third-order valence-electron chi connectivity index (χ3n) is 2.70. The van der Waals surface area contributed by atoms with E-state index in [9.17, 15) is 15.3 Å². The highest BCUT2D eigenvalue weighted by atomic mass is 16.4. The largest absolute Gasteiger partial charge is 0.387 e. The van der Waals surface area contributed by atoms with Gasteiger partial charge in [0.2, 0.25) is 0 Å². The summed E-state index contributed by atoms with van der Waals surface area (Å²) in [6.07, 6.45) is 0. The first-order valence-corrected chi connectivity index (χ1v) is 4.61. The molecule has 0 radical (unpaired) electrons. The summed E-state index contributed by atoms with van der Waals surface area (Å²) in [6, 6.07) is 0. The van der Waals surface area contributed by atoms with Gasteiger partial charge in [0.15, 0.2) is 0 Å². The Kier molecular flexibility index (Phi) is 3.20. The van der Waals surface area contributed by atoms with Crippen molar-refractivity contribution in [2.24, 2.45) is 5.92 Å². The molecule has 0 bridgehead atoms. The van der Waals surface area contributed by atoms with Gasteiger partial charge in [0.05, 0.1) is 11.2 Å². The van der Waals surface area contributed by atoms with Crippen LogP contribution >= 0.6 is 0 Å². The first-order chi connectivity index (χ1) is 5.44. The SMILES string of the molecule is CC(C)C(O)(C(C)(C)O)C(C)(C)O. The molecule has 0 aromatic carbocycles. The first-order valence-electron chi connectivity index (χ1n) is 4.61. The Morgan fingerprint density at radius 1 is 0.769 bits per heavy atom. The van der Waals surface area contributed by atoms with Crippen LogP contribution < -0.4 is 0 Å². The zero-order chi connectivity index (χ0) is 11.1. The average molecular weight is 190 g/mol. The highest BCUT2D eigenvalue weighted by molar-refractivity contribution is 5.06. The summed E-state index contributed by atoms with van der Waals surface area (Å²) in [7, 11) is 0. The van der Waals surface area contributed by atoms with Crippen LogP contribution in [-0.4, -0.2) is 32.1 Å². The van der Waals surface area contributed by atoms with Gasteiger partial charge in [-0.2, -0.15) is 0 Å². The molecule has 3 heteroatoms. The van der Waals surface area contributed by atoms with Gasteiger partial charge < -0.3 is 15.3 Å². The molecule has 3 nitrogen and oxygen atoms in total. The van der Waals surface area contributed by atoms with E-state index in [0.29, 0.717) is 0 Å². The summed E-state index contributed by atoms with van der Waals surface area (Å²) in [5, 5.41) is 29.9. The Balaban J connectivity index is 5.22. The molecule has 3 N–H and O–H groups in total. The molecule has 0 aliphatic heterocycles. The maximum absolute atomic E-state index is 10.3. The van der Waals surface area contributed by atoms with Crippen LogP contribution in [0.2, 0.25) is 0 Å². The van der Waals surface area contributed by atoms with Gasteiger partial charge in [0.1, 0.15) is 5.60 Å². The summed E-state index contributed by atoms with van der Waals surface area (Å²) in [4.78, 5) is 0. The van der Waals surface area contributed by atoms with Gasteiger partial charge in [-0.1, -0.05) is 13.8 Å². The minimum Gasteiger partial charge on any atom is -0.387 e. The van der Waals surface area contributed by atoms with Crippen LogP contribution in [0.15, 0.2) is 0 Å². The lowest BCUT2D eigenvalue weighted by Gasteiger charge is -2.49. The Morgan fingerprint density at radius 2 is 1.00 bits per heavy atom. The molecule has 0 aliphatic carbocycles. The maximum atomic E-state index is 10.3. The first kappa shape index (κ1) is 12.9. The van der Waals surface area contributed by atoms with Crippen molar-refractivity contribution in [2.45, 2.75) is 58.3 Å². The summed E-state index contributed by atoms with van der Waals surface area (Å²) in [6.45, 7) is 9.57. The number of hydrogen-bond donors (Lipinski definition) is 3. The third-order valence-corrected chi connectivity index (χ3v) is 2.70. The summed E-state index contributed by atoms with van der Waals surface area (Å²) >= 11 is 0. The summed E-state index contributed by atoms with van der Waals surface area (Å²) < 4.78 is 0. The fraction of sp³-hybridized carbons (Fsp3) is 1.00. The zero-order valence-electron chi connectivity index (χ0n) is 9.42. The van der Waals surface area contributed by atoms with E-state index in [1.54, 1.807) is 13.8 Å². The Bertz CT molecular complexity index is 158. The fourth-order valence-corrected chi connectivity index (χ4v) is 2.16. The molecule has 80 valence electrons. The minimum atomic E-state index is -1.51. The lowest BCUT2D eigenvalue weighted by atomic mass is 9.67. The molecule has 0 spiro atoms. The van der Waals surface area contributed by atoms with Gasteiger partial charge in [-0.25, -0.2) is 0 Å². The molecule has 0 aromatic rings. The Hall–Kier alpha value is -0.120. The molecule has 0 aliphatic rings. The number of hydrogen-bond acceptors (Lipinski definition) is 3. The van der Waals surface area contributed by atoms with Crippen molar-refractivity contribution in [2.75, 3.05) is 0 Å². The Labute approximate surface area is 80.4 Å². The van der Waals surface area contributed by atoms with Crippen molar-refractivity contribution in [3.8, 4) is 0 Å². The lowest BCUT2D eigenvalue weighted by Crippen LogP contribution is -2.66. The molecule has 0 aromatic heterocycles. The van der Waals surface area contributed by atoms with E-state index in [1.807, 2.05) is 0 Å². The van der Waals surface area contributed by atoms with Gasteiger partial charge in [-0.15, -0.1) is 0 Å². The van der Waals surface area contributed by atoms with E-state index in [0.717, 1.165) is 0 Å². The van der Waals surface area contributed by atoms with E-state index in [2.05, 4.69) is 0 Å². The van der Waals surface area contributed by atoms with Crippen LogP contribution in [-0.2, 0) is 0 Å². The maximum Gasteiger partial charge on any atom is 0.123 e. The van der Waals surface area contributed by atoms with Gasteiger partial charge >= 0.3 is 0 Å². The predicted molar refractivity (Wildman–Crippen MR) is 52.4 cm³/mol. The minimum absolute atomic E-state index is 0.229. The molecule has 0 saturated carbocycles. The summed E-state index contributed by atoms with van der Waals surface area (Å²) in [5.74, 6) is -0.229. The van der Waals surface area contributed by atoms with Crippen LogP contribution in [0.25, 0.3) is 0 Å². The van der Waals surface area contributed by atoms with Crippen LogP contribution in [0, 0.1) is 5.92 Å². The standard InChI is InChI=1S/C10H22O3/c1-7(2)10(13,8(3,4)11)9(5,6)12/h7,11-13H,1-6H3. The van der Waals surface area contributed by atoms with Crippen molar-refractivity contribution >= 4 is 0 Å². The Morgan fingerprint density at radius 3 is 1.00 bits per heavy atom. The number of rotatable bonds is 3. The van der Waals surface area contributed by atoms with Gasteiger partial charge in [-0.3, -0.25) is 0 Å². The van der Waals surface area contributed by atoms with Crippen LogP contribution in [0.3, 0.4) is 0 Å². The topological polar surface area (TPSA) is 60.7 Å². The lowest BCUT2D eigenvalue weighted by molar-refractivity contribution is -0.243. The number of aliphatic hydroxyl groups is 3. The molecule has 0 unspecified atom stereocenters. The second-order valence-electron chi connectivity index (χ2n) is 5.04. The van der Waals surface area contributed by atoms with Crippen molar-refractivity contribution in [1.82, 2.24) is 0 Å². The molecule has 0 amide bonds. The zero-order valence-corrected chi connectivity index (χ0v) is 9.42. The van der Waals surface area contributed by atoms with E-state index in [4.69, 9.17) is 0 Å². The fourth-order valence-electron chi connectivity index (χ4n) is 2.16. The van der Waals surface area contributed by atoms with E-state index >= 15 is 0 Å². The van der Waals surface area contributed by atoms with Crippen molar-refractivity contribution < 1.29 is 15.3 Å². The normalized spacial score (nSPS) is 15.2. The second-order valence-corrected chi connectivity index (χ2v) is 5.04. The average Bonchev–Trinajstić information content (AvgIpc) is 1.80. The van der Waals surface area contributed by atoms with E-state index in [-0.39, 0.29) is 5.92 Å². The molecule has 0 fully saturated rings. The van der Waals surface area contributed by atoms with Gasteiger partial charge in [0, 0.05) is 0 Å². The highest BCUT2D eigenvalue weighted by Gasteiger charge is 2.54. The quantitative estimate of drug-likeness (QED) is 0.620. The monoisotopic (exact) mass is 190 g/mol. The van der Waals surface area contributed by atoms with Crippen LogP contribution in [0.4, 0.5) is 0 Å². The summed E-state index contributed by atoms with van der Waals surface area (Å²) in [5.41, 5.74) is -4.18. The van der Waals surface area contributed by atoms with Gasteiger partial charge in [-0.05, 0) is 33.6 Å². The molecule has 0 atom stereocenters. The second kappa shape index (κ2) is 3.23. The highest BCUT2D eigenvalue weighted by Crippen LogP contribution is 2.38. The van der Waals surface area contributed by atoms with E-state index in [1.165, 1.54) is 27.7 Å². The van der Waals surface area contributed by atoms with E-state index < -0.39 is 16.8 Å². The van der Waals surface area contributed by atoms with Crippen molar-refractivity contribution in [3.05, 3.63) is 0 Å². The predicted octanol–water partition coefficient (Wildman–Crippen LogP) is 0.915. The third kappa shape index (κ3) is 2.03. The molecular formula is C10H22O3. The van der Waals surface area contributed by atoms with Gasteiger partial charge in [0.25, 0.3) is 0 Å². The molecule has 0 rings (SSSR count). The van der Waals surface area contributed by atoms with Crippen molar-refractivity contribution in [1.29, 1.82) is 0 Å². The smallest absolute Gasteiger partial charge is 0.123 e. The van der Waals surface area contributed by atoms with Crippen LogP contribution in [0.5, 0.6) is 0 Å². The molecule has 13 heavy (non-hydrogen) atoms.